The predicted molar refractivity (Wildman–Crippen MR) is 102 cm³/mol. The molecule has 1 aromatic carbocycles. The van der Waals surface area contributed by atoms with Gasteiger partial charge in [0.05, 0.1) is 0 Å². The van der Waals surface area contributed by atoms with E-state index in [1.807, 2.05) is 13.8 Å². The Labute approximate surface area is 164 Å². The van der Waals surface area contributed by atoms with E-state index in [0.29, 0.717) is 44.7 Å². The Morgan fingerprint density at radius 3 is 2.61 bits per heavy atom. The Hall–Kier alpha value is -2.64. The highest BCUT2D eigenvalue weighted by atomic mass is 19.1. The van der Waals surface area contributed by atoms with Gasteiger partial charge in [-0.25, -0.2) is 9.18 Å². The van der Waals surface area contributed by atoms with Crippen molar-refractivity contribution < 1.29 is 18.8 Å². The van der Waals surface area contributed by atoms with Crippen LogP contribution in [-0.4, -0.2) is 82.8 Å². The third kappa shape index (κ3) is 4.10. The second-order valence-corrected chi connectivity index (χ2v) is 7.16. The number of piperazine rings is 1. The molecule has 1 unspecified atom stereocenters. The monoisotopic (exact) mass is 390 g/mol. The number of benzene rings is 1. The quantitative estimate of drug-likeness (QED) is 0.783. The van der Waals surface area contributed by atoms with Crippen LogP contribution < -0.4 is 0 Å². The van der Waals surface area contributed by atoms with Crippen LogP contribution in [0.4, 0.5) is 9.18 Å². The molecule has 2 heterocycles. The normalized spacial score (nSPS) is 20.1. The topological polar surface area (TPSA) is 64.2 Å². The van der Waals surface area contributed by atoms with Crippen molar-refractivity contribution in [3.05, 3.63) is 35.6 Å². The lowest BCUT2D eigenvalue weighted by Crippen LogP contribution is -2.59. The first-order valence-electron chi connectivity index (χ1n) is 9.81. The summed E-state index contributed by atoms with van der Waals surface area (Å²) in [6, 6.07) is 5.44. The lowest BCUT2D eigenvalue weighted by atomic mass is 10.1. The molecule has 0 aromatic heterocycles. The van der Waals surface area contributed by atoms with Crippen molar-refractivity contribution in [1.82, 2.24) is 19.6 Å². The Balaban J connectivity index is 1.71. The highest BCUT2D eigenvalue weighted by Crippen LogP contribution is 2.21. The fourth-order valence-electron chi connectivity index (χ4n) is 3.90. The largest absolute Gasteiger partial charge is 0.327 e. The summed E-state index contributed by atoms with van der Waals surface area (Å²) in [6.07, 6.45) is 0.414. The van der Waals surface area contributed by atoms with E-state index in [2.05, 4.69) is 0 Å². The molecule has 2 aliphatic rings. The summed E-state index contributed by atoms with van der Waals surface area (Å²) in [4.78, 5) is 44.8. The molecule has 2 fully saturated rings. The van der Waals surface area contributed by atoms with Crippen LogP contribution >= 0.6 is 0 Å². The SMILES string of the molecule is CCN(CC)C(=O)N1CCC2C(=O)N(Cc3cccc(F)c3)CC(=O)N2CC1. The molecule has 2 aliphatic heterocycles. The zero-order valence-corrected chi connectivity index (χ0v) is 16.4. The van der Waals surface area contributed by atoms with Gasteiger partial charge in [-0.05, 0) is 38.0 Å². The van der Waals surface area contributed by atoms with E-state index in [9.17, 15) is 18.8 Å². The highest BCUT2D eigenvalue weighted by molar-refractivity contribution is 5.95. The minimum atomic E-state index is -0.565. The molecule has 4 amide bonds. The maximum Gasteiger partial charge on any atom is 0.320 e. The summed E-state index contributed by atoms with van der Waals surface area (Å²) in [5, 5.41) is 0. The third-order valence-corrected chi connectivity index (χ3v) is 5.47. The van der Waals surface area contributed by atoms with Crippen LogP contribution in [0, 0.1) is 5.82 Å². The number of amides is 4. The van der Waals surface area contributed by atoms with Crippen LogP contribution in [0.25, 0.3) is 0 Å². The zero-order valence-electron chi connectivity index (χ0n) is 16.4. The number of rotatable bonds is 4. The standard InChI is InChI=1S/C20H27FN4O3/c1-3-22(4-2)20(28)23-9-8-17-19(27)24(14-18(26)25(17)11-10-23)13-15-6-5-7-16(21)12-15/h5-7,12,17H,3-4,8-11,13-14H2,1-2H3. The molecule has 28 heavy (non-hydrogen) atoms. The molecular weight excluding hydrogens is 363 g/mol. The molecule has 0 spiro atoms. The number of urea groups is 1. The van der Waals surface area contributed by atoms with Crippen LogP contribution in [0.3, 0.4) is 0 Å². The molecule has 2 saturated heterocycles. The van der Waals surface area contributed by atoms with E-state index in [-0.39, 0.29) is 36.8 Å². The van der Waals surface area contributed by atoms with Gasteiger partial charge < -0.3 is 19.6 Å². The number of carbonyl (C=O) groups excluding carboxylic acids is 3. The van der Waals surface area contributed by atoms with E-state index < -0.39 is 6.04 Å². The van der Waals surface area contributed by atoms with Gasteiger partial charge in [-0.15, -0.1) is 0 Å². The first-order valence-corrected chi connectivity index (χ1v) is 9.81. The number of nitrogens with zero attached hydrogens (tertiary/aromatic N) is 4. The van der Waals surface area contributed by atoms with E-state index in [1.54, 1.807) is 26.8 Å². The maximum absolute atomic E-state index is 13.4. The van der Waals surface area contributed by atoms with Crippen molar-refractivity contribution in [1.29, 1.82) is 0 Å². The highest BCUT2D eigenvalue weighted by Gasteiger charge is 2.41. The summed E-state index contributed by atoms with van der Waals surface area (Å²) >= 11 is 0. The lowest BCUT2D eigenvalue weighted by molar-refractivity contribution is -0.156. The Bertz CT molecular complexity index is 753. The Morgan fingerprint density at radius 1 is 1.18 bits per heavy atom. The van der Waals surface area contributed by atoms with Gasteiger partial charge in [0.2, 0.25) is 11.8 Å². The number of carbonyl (C=O) groups is 3. The molecule has 7 nitrogen and oxygen atoms in total. The Kier molecular flexibility index (Phi) is 6.16. The van der Waals surface area contributed by atoms with Crippen LogP contribution in [-0.2, 0) is 16.1 Å². The molecule has 3 rings (SSSR count). The average molecular weight is 390 g/mol. The molecule has 0 radical (unpaired) electrons. The molecule has 1 aromatic rings. The van der Waals surface area contributed by atoms with E-state index in [0.717, 1.165) is 0 Å². The first kappa shape index (κ1) is 20.1. The van der Waals surface area contributed by atoms with Gasteiger partial charge >= 0.3 is 6.03 Å². The second kappa shape index (κ2) is 8.58. The summed E-state index contributed by atoms with van der Waals surface area (Å²) < 4.78 is 13.4. The molecule has 0 aliphatic carbocycles. The molecule has 1 atom stereocenters. The van der Waals surface area contributed by atoms with Crippen molar-refractivity contribution in [2.75, 3.05) is 39.3 Å². The van der Waals surface area contributed by atoms with Gasteiger partial charge in [-0.1, -0.05) is 12.1 Å². The average Bonchev–Trinajstić information content (AvgIpc) is 2.90. The van der Waals surface area contributed by atoms with Gasteiger partial charge in [-0.3, -0.25) is 9.59 Å². The molecule has 0 bridgehead atoms. The van der Waals surface area contributed by atoms with Crippen LogP contribution in [0.2, 0.25) is 0 Å². The van der Waals surface area contributed by atoms with E-state index in [1.165, 1.54) is 17.0 Å². The van der Waals surface area contributed by atoms with Crippen molar-refractivity contribution in [2.45, 2.75) is 32.9 Å². The molecular formula is C20H27FN4O3. The molecule has 152 valence electrons. The predicted octanol–water partition coefficient (Wildman–Crippen LogP) is 1.53. The van der Waals surface area contributed by atoms with Gasteiger partial charge in [0.25, 0.3) is 0 Å². The van der Waals surface area contributed by atoms with Crippen molar-refractivity contribution in [3.8, 4) is 0 Å². The first-order chi connectivity index (χ1) is 13.4. The number of hydrogen-bond donors (Lipinski definition) is 0. The summed E-state index contributed by atoms with van der Waals surface area (Å²) in [5.74, 6) is -0.630. The zero-order chi connectivity index (χ0) is 20.3. The van der Waals surface area contributed by atoms with Gasteiger partial charge in [-0.2, -0.15) is 0 Å². The summed E-state index contributed by atoms with van der Waals surface area (Å²) in [5.41, 5.74) is 0.654. The van der Waals surface area contributed by atoms with Crippen LogP contribution in [0.1, 0.15) is 25.8 Å². The Morgan fingerprint density at radius 2 is 1.93 bits per heavy atom. The minimum absolute atomic E-state index is 0.0180. The third-order valence-electron chi connectivity index (χ3n) is 5.47. The van der Waals surface area contributed by atoms with E-state index >= 15 is 0 Å². The van der Waals surface area contributed by atoms with Crippen LogP contribution in [0.15, 0.2) is 24.3 Å². The number of fused-ring (bicyclic) bond motifs is 1. The van der Waals surface area contributed by atoms with E-state index in [4.69, 9.17) is 0 Å². The minimum Gasteiger partial charge on any atom is -0.327 e. The summed E-state index contributed by atoms with van der Waals surface area (Å²) in [7, 11) is 0. The fourth-order valence-corrected chi connectivity index (χ4v) is 3.90. The maximum atomic E-state index is 13.4. The molecule has 8 heteroatoms. The van der Waals surface area contributed by atoms with Crippen molar-refractivity contribution in [2.24, 2.45) is 0 Å². The summed E-state index contributed by atoms with van der Waals surface area (Å²) in [6.45, 7) is 6.51. The number of halogens is 1. The van der Waals surface area contributed by atoms with Gasteiger partial charge in [0.15, 0.2) is 0 Å². The number of hydrogen-bond acceptors (Lipinski definition) is 3. The van der Waals surface area contributed by atoms with Gasteiger partial charge in [0, 0.05) is 39.3 Å². The smallest absolute Gasteiger partial charge is 0.320 e. The van der Waals surface area contributed by atoms with Gasteiger partial charge in [0.1, 0.15) is 18.4 Å². The lowest BCUT2D eigenvalue weighted by Gasteiger charge is -2.39. The van der Waals surface area contributed by atoms with Crippen molar-refractivity contribution >= 4 is 17.8 Å². The van der Waals surface area contributed by atoms with Crippen LogP contribution in [0.5, 0.6) is 0 Å². The molecule has 0 saturated carbocycles. The van der Waals surface area contributed by atoms with Crippen molar-refractivity contribution in [3.63, 3.8) is 0 Å². The molecule has 0 N–H and O–H groups in total. The second-order valence-electron chi connectivity index (χ2n) is 7.16. The fraction of sp³-hybridized carbons (Fsp3) is 0.550.